The van der Waals surface area contributed by atoms with Gasteiger partial charge in [-0.1, -0.05) is 24.3 Å². The number of hydrogen-bond donors (Lipinski definition) is 1. The first-order valence-electron chi connectivity index (χ1n) is 9.29. The first-order valence-corrected chi connectivity index (χ1v) is 9.29. The number of hydrogen-bond acceptors (Lipinski definition) is 5. The molecule has 0 aliphatic carbocycles. The Morgan fingerprint density at radius 2 is 1.89 bits per heavy atom. The summed E-state index contributed by atoms with van der Waals surface area (Å²) in [6, 6.07) is 16.9. The maximum absolute atomic E-state index is 12.8. The summed E-state index contributed by atoms with van der Waals surface area (Å²) < 4.78 is 5.36. The van der Waals surface area contributed by atoms with Crippen molar-refractivity contribution in [3.05, 3.63) is 59.7 Å². The number of piperazine rings is 1. The Balaban J connectivity index is 1.70. The molecule has 2 aromatic carbocycles. The first kappa shape index (κ1) is 19.3. The molecule has 1 aliphatic rings. The van der Waals surface area contributed by atoms with Gasteiger partial charge in [-0.15, -0.1) is 0 Å². The molecule has 0 atom stereocenters. The van der Waals surface area contributed by atoms with Crippen molar-refractivity contribution in [2.24, 2.45) is 0 Å². The van der Waals surface area contributed by atoms with Crippen LogP contribution in [0.25, 0.3) is 6.08 Å². The number of carbonyl (C=O) groups is 1. The van der Waals surface area contributed by atoms with Gasteiger partial charge in [-0.3, -0.25) is 4.79 Å². The molecule has 6 nitrogen and oxygen atoms in total. The second-order valence-corrected chi connectivity index (χ2v) is 6.44. The summed E-state index contributed by atoms with van der Waals surface area (Å²) in [4.78, 5) is 16.7. The molecule has 1 saturated heterocycles. The number of ether oxygens (including phenoxy) is 1. The number of rotatable bonds is 5. The molecule has 144 valence electrons. The van der Waals surface area contributed by atoms with Crippen molar-refractivity contribution in [1.29, 1.82) is 5.26 Å². The SMILES string of the molecule is CCOc1cc(/C=C(/C#N)C(=O)N2CCN(c3ccccc3)CC2)ccc1O. The molecular weight excluding hydrogens is 354 g/mol. The van der Waals surface area contributed by atoms with E-state index < -0.39 is 0 Å². The number of nitrogens with zero attached hydrogens (tertiary/aromatic N) is 3. The highest BCUT2D eigenvalue weighted by Gasteiger charge is 2.23. The van der Waals surface area contributed by atoms with Gasteiger partial charge in [0.05, 0.1) is 6.61 Å². The van der Waals surface area contributed by atoms with Crippen molar-refractivity contribution in [2.45, 2.75) is 6.92 Å². The normalized spacial score (nSPS) is 14.5. The summed E-state index contributed by atoms with van der Waals surface area (Å²) >= 11 is 0. The number of benzene rings is 2. The van der Waals surface area contributed by atoms with E-state index in [1.807, 2.05) is 31.2 Å². The number of phenolic OH excluding ortho intramolecular Hbond substituents is 1. The highest BCUT2D eigenvalue weighted by atomic mass is 16.5. The zero-order chi connectivity index (χ0) is 19.9. The molecule has 0 bridgehead atoms. The molecule has 28 heavy (non-hydrogen) atoms. The third-order valence-electron chi connectivity index (χ3n) is 4.63. The fourth-order valence-electron chi connectivity index (χ4n) is 3.18. The van der Waals surface area contributed by atoms with Crippen LogP contribution in [-0.4, -0.2) is 48.7 Å². The van der Waals surface area contributed by atoms with Crippen molar-refractivity contribution < 1.29 is 14.6 Å². The third-order valence-corrected chi connectivity index (χ3v) is 4.63. The predicted octanol–water partition coefficient (Wildman–Crippen LogP) is 3.05. The van der Waals surface area contributed by atoms with Crippen molar-refractivity contribution in [3.8, 4) is 17.6 Å². The van der Waals surface area contributed by atoms with Crippen LogP contribution in [0.3, 0.4) is 0 Å². The fraction of sp³-hybridized carbons (Fsp3) is 0.273. The summed E-state index contributed by atoms with van der Waals surface area (Å²) in [5.41, 5.74) is 1.84. The molecule has 1 heterocycles. The molecule has 1 N–H and O–H groups in total. The molecule has 0 saturated carbocycles. The minimum atomic E-state index is -0.277. The van der Waals surface area contributed by atoms with Crippen molar-refractivity contribution in [2.75, 3.05) is 37.7 Å². The summed E-state index contributed by atoms with van der Waals surface area (Å²) in [6.07, 6.45) is 1.54. The zero-order valence-electron chi connectivity index (χ0n) is 15.8. The molecule has 1 aliphatic heterocycles. The number of amides is 1. The van der Waals surface area contributed by atoms with Crippen LogP contribution < -0.4 is 9.64 Å². The smallest absolute Gasteiger partial charge is 0.264 e. The van der Waals surface area contributed by atoms with Gasteiger partial charge in [-0.25, -0.2) is 0 Å². The Labute approximate surface area is 164 Å². The lowest BCUT2D eigenvalue weighted by molar-refractivity contribution is -0.126. The second kappa shape index (κ2) is 8.96. The Bertz CT molecular complexity index is 895. The maximum Gasteiger partial charge on any atom is 0.264 e. The van der Waals surface area contributed by atoms with E-state index in [0.717, 1.165) is 18.8 Å². The Morgan fingerprint density at radius 3 is 2.54 bits per heavy atom. The molecule has 1 amide bonds. The largest absolute Gasteiger partial charge is 0.504 e. The minimum absolute atomic E-state index is 0.0286. The van der Waals surface area contributed by atoms with Crippen LogP contribution in [0.4, 0.5) is 5.69 Å². The van der Waals surface area contributed by atoms with Crippen LogP contribution in [0.15, 0.2) is 54.1 Å². The fourth-order valence-corrected chi connectivity index (χ4v) is 3.18. The van der Waals surface area contributed by atoms with Gasteiger partial charge in [-0.05, 0) is 42.8 Å². The number of phenols is 1. The maximum atomic E-state index is 12.8. The molecule has 3 rings (SSSR count). The van der Waals surface area contributed by atoms with E-state index in [-0.39, 0.29) is 17.2 Å². The summed E-state index contributed by atoms with van der Waals surface area (Å²) in [7, 11) is 0. The number of para-hydroxylation sites is 1. The van der Waals surface area contributed by atoms with Gasteiger partial charge in [0, 0.05) is 31.9 Å². The van der Waals surface area contributed by atoms with Crippen molar-refractivity contribution in [1.82, 2.24) is 4.90 Å². The van der Waals surface area contributed by atoms with E-state index in [4.69, 9.17) is 4.74 Å². The van der Waals surface area contributed by atoms with Crippen LogP contribution in [0.2, 0.25) is 0 Å². The molecule has 2 aromatic rings. The quantitative estimate of drug-likeness (QED) is 0.640. The second-order valence-electron chi connectivity index (χ2n) is 6.44. The Kier molecular flexibility index (Phi) is 6.18. The standard InChI is InChI=1S/C22H23N3O3/c1-2-28-21-15-17(8-9-20(21)26)14-18(16-23)22(27)25-12-10-24(11-13-25)19-6-4-3-5-7-19/h3-9,14-15,26H,2,10-13H2,1H3/b18-14-. The molecule has 0 unspecified atom stereocenters. The van der Waals surface area contributed by atoms with Crippen LogP contribution in [0.1, 0.15) is 12.5 Å². The molecular formula is C22H23N3O3. The van der Waals surface area contributed by atoms with Gasteiger partial charge in [0.15, 0.2) is 11.5 Å². The Morgan fingerprint density at radius 1 is 1.18 bits per heavy atom. The summed E-state index contributed by atoms with van der Waals surface area (Å²) in [5, 5.41) is 19.3. The zero-order valence-corrected chi connectivity index (χ0v) is 15.8. The van der Waals surface area contributed by atoms with Crippen LogP contribution in [-0.2, 0) is 4.79 Å². The van der Waals surface area contributed by atoms with E-state index in [1.165, 1.54) is 12.1 Å². The molecule has 0 radical (unpaired) electrons. The van der Waals surface area contributed by atoms with Crippen LogP contribution in [0, 0.1) is 11.3 Å². The van der Waals surface area contributed by atoms with Crippen molar-refractivity contribution >= 4 is 17.7 Å². The van der Waals surface area contributed by atoms with Crippen LogP contribution in [0.5, 0.6) is 11.5 Å². The first-order chi connectivity index (χ1) is 13.6. The number of carbonyl (C=O) groups excluding carboxylic acids is 1. The average Bonchev–Trinajstić information content (AvgIpc) is 2.74. The number of aromatic hydroxyl groups is 1. The average molecular weight is 377 g/mol. The lowest BCUT2D eigenvalue weighted by Crippen LogP contribution is -2.49. The lowest BCUT2D eigenvalue weighted by atomic mass is 10.1. The predicted molar refractivity (Wildman–Crippen MR) is 108 cm³/mol. The van der Waals surface area contributed by atoms with Gasteiger partial charge in [0.25, 0.3) is 5.91 Å². The van der Waals surface area contributed by atoms with E-state index >= 15 is 0 Å². The Hall–Kier alpha value is -3.46. The molecule has 6 heteroatoms. The highest BCUT2D eigenvalue weighted by molar-refractivity contribution is 6.01. The van der Waals surface area contributed by atoms with E-state index in [0.29, 0.717) is 31.0 Å². The molecule has 0 spiro atoms. The van der Waals surface area contributed by atoms with Gasteiger partial charge in [0.1, 0.15) is 11.6 Å². The number of nitriles is 1. The van der Waals surface area contributed by atoms with Gasteiger partial charge in [-0.2, -0.15) is 5.26 Å². The third kappa shape index (κ3) is 4.44. The van der Waals surface area contributed by atoms with Crippen molar-refractivity contribution in [3.63, 3.8) is 0 Å². The topological polar surface area (TPSA) is 76.8 Å². The highest BCUT2D eigenvalue weighted by Crippen LogP contribution is 2.28. The van der Waals surface area contributed by atoms with Gasteiger partial charge in [0.2, 0.25) is 0 Å². The molecule has 1 fully saturated rings. The minimum Gasteiger partial charge on any atom is -0.504 e. The lowest BCUT2D eigenvalue weighted by Gasteiger charge is -2.36. The van der Waals surface area contributed by atoms with Gasteiger partial charge >= 0.3 is 0 Å². The molecule has 0 aromatic heterocycles. The van der Waals surface area contributed by atoms with E-state index in [1.54, 1.807) is 17.0 Å². The van der Waals surface area contributed by atoms with E-state index in [2.05, 4.69) is 17.0 Å². The monoisotopic (exact) mass is 377 g/mol. The van der Waals surface area contributed by atoms with Crippen LogP contribution >= 0.6 is 0 Å². The van der Waals surface area contributed by atoms with Gasteiger partial charge < -0.3 is 19.6 Å². The number of anilines is 1. The van der Waals surface area contributed by atoms with E-state index in [9.17, 15) is 15.2 Å². The summed E-state index contributed by atoms with van der Waals surface area (Å²) in [6.45, 7) is 4.81. The summed E-state index contributed by atoms with van der Waals surface area (Å²) in [5.74, 6) is 0.0829.